The van der Waals surface area contributed by atoms with Gasteiger partial charge in [-0.15, -0.1) is 0 Å². The van der Waals surface area contributed by atoms with Gasteiger partial charge in [0, 0.05) is 0 Å². The van der Waals surface area contributed by atoms with E-state index in [2.05, 4.69) is 6.07 Å². The molecule has 0 spiro atoms. The predicted molar refractivity (Wildman–Crippen MR) is 109 cm³/mol. The third-order valence-electron chi connectivity index (χ3n) is 7.66. The zero-order chi connectivity index (χ0) is 20.9. The first-order valence-corrected chi connectivity index (χ1v) is 11.4. The van der Waals surface area contributed by atoms with Crippen LogP contribution in [0, 0.1) is 17.8 Å². The van der Waals surface area contributed by atoms with Gasteiger partial charge in [-0.3, -0.25) is 0 Å². The molecule has 1 aromatic rings. The fourth-order valence-corrected chi connectivity index (χ4v) is 6.48. The van der Waals surface area contributed by atoms with E-state index in [0.717, 1.165) is 38.5 Å². The second-order valence-electron chi connectivity index (χ2n) is 9.84. The molecular weight excluding hydrogens is 384 g/mol. The lowest BCUT2D eigenvalue weighted by Gasteiger charge is -2.44. The zero-order valence-corrected chi connectivity index (χ0v) is 17.8. The smallest absolute Gasteiger partial charge is 0.508 e. The summed E-state index contributed by atoms with van der Waals surface area (Å²) in [5, 5.41) is 9.82. The highest BCUT2D eigenvalue weighted by Crippen LogP contribution is 2.55. The summed E-state index contributed by atoms with van der Waals surface area (Å²) in [6.45, 7) is 4.30. The van der Waals surface area contributed by atoms with E-state index in [1.807, 2.05) is 26.0 Å². The van der Waals surface area contributed by atoms with Crippen molar-refractivity contribution in [1.82, 2.24) is 0 Å². The van der Waals surface area contributed by atoms with Gasteiger partial charge in [0.1, 0.15) is 24.6 Å². The van der Waals surface area contributed by atoms with Crippen molar-refractivity contribution in [3.8, 4) is 5.75 Å². The molecule has 0 amide bonds. The van der Waals surface area contributed by atoms with Crippen molar-refractivity contribution in [2.75, 3.05) is 13.2 Å². The van der Waals surface area contributed by atoms with E-state index in [0.29, 0.717) is 36.0 Å². The maximum Gasteiger partial charge on any atom is 0.508 e. The molecule has 0 aromatic heterocycles. The van der Waals surface area contributed by atoms with Gasteiger partial charge in [-0.1, -0.05) is 6.07 Å². The number of benzene rings is 1. The van der Waals surface area contributed by atoms with Crippen molar-refractivity contribution in [2.24, 2.45) is 17.8 Å². The molecule has 5 rings (SSSR count). The number of hydrogen-bond acceptors (Lipinski definition) is 6. The molecule has 30 heavy (non-hydrogen) atoms. The first-order valence-electron chi connectivity index (χ1n) is 11.4. The van der Waals surface area contributed by atoms with Crippen LogP contribution in [-0.2, 0) is 25.4 Å². The number of fused-ring (bicyclic) bond motifs is 5. The first-order chi connectivity index (χ1) is 14.4. The number of rotatable bonds is 3. The van der Waals surface area contributed by atoms with E-state index in [1.165, 1.54) is 11.1 Å². The van der Waals surface area contributed by atoms with Gasteiger partial charge in [-0.2, -0.15) is 0 Å². The van der Waals surface area contributed by atoms with Crippen LogP contribution in [0.4, 0.5) is 4.79 Å². The zero-order valence-electron chi connectivity index (χ0n) is 17.8. The topological polar surface area (TPSA) is 74.2 Å². The molecular formula is C24H32O6. The number of phenolic OH excluding ortho intramolecular Hbond substituents is 1. The third kappa shape index (κ3) is 3.80. The van der Waals surface area contributed by atoms with Crippen LogP contribution < -0.4 is 0 Å². The standard InChI is InChI=1S/C24H32O6/c1-24(2)28-13-16(30-24)12-27-23(26)29-22-10-9-20-19-5-3-14-11-15(25)4-6-17(14)18(19)7-8-21(20)22/h4,6,11,16,18-22,25H,3,5,7-10,12-13H2,1-2H3. The molecule has 0 bridgehead atoms. The van der Waals surface area contributed by atoms with Gasteiger partial charge < -0.3 is 24.1 Å². The normalized spacial score (nSPS) is 36.5. The summed E-state index contributed by atoms with van der Waals surface area (Å²) < 4.78 is 22.3. The summed E-state index contributed by atoms with van der Waals surface area (Å²) in [6.07, 6.45) is 5.58. The number of carbonyl (C=O) groups excluding carboxylic acids is 1. The van der Waals surface area contributed by atoms with Crippen molar-refractivity contribution in [3.05, 3.63) is 29.3 Å². The first kappa shape index (κ1) is 20.1. The van der Waals surface area contributed by atoms with Gasteiger partial charge in [-0.25, -0.2) is 4.79 Å². The minimum Gasteiger partial charge on any atom is -0.508 e. The Labute approximate surface area is 177 Å². The molecule has 6 nitrogen and oxygen atoms in total. The van der Waals surface area contributed by atoms with Crippen LogP contribution in [0.1, 0.15) is 63.0 Å². The average Bonchev–Trinajstić information content (AvgIpc) is 3.28. The number of phenols is 1. The summed E-state index contributed by atoms with van der Waals surface area (Å²) in [6, 6.07) is 5.89. The molecule has 4 aliphatic rings. The number of ether oxygens (including phenoxy) is 4. The van der Waals surface area contributed by atoms with Gasteiger partial charge in [0.05, 0.1) is 6.61 Å². The van der Waals surface area contributed by atoms with Crippen LogP contribution in [0.25, 0.3) is 0 Å². The van der Waals surface area contributed by atoms with Crippen LogP contribution in [0.5, 0.6) is 5.75 Å². The fourth-order valence-electron chi connectivity index (χ4n) is 6.48. The molecule has 1 aliphatic heterocycles. The van der Waals surface area contributed by atoms with E-state index in [9.17, 15) is 9.90 Å². The summed E-state index contributed by atoms with van der Waals surface area (Å²) in [7, 11) is 0. The average molecular weight is 417 g/mol. The van der Waals surface area contributed by atoms with Gasteiger partial charge in [0.2, 0.25) is 0 Å². The molecule has 6 heteroatoms. The van der Waals surface area contributed by atoms with E-state index < -0.39 is 11.9 Å². The minimum atomic E-state index is -0.618. The lowest BCUT2D eigenvalue weighted by atomic mass is 9.61. The molecule has 1 heterocycles. The third-order valence-corrected chi connectivity index (χ3v) is 7.66. The van der Waals surface area contributed by atoms with E-state index in [1.54, 1.807) is 0 Å². The Hall–Kier alpha value is -1.79. The summed E-state index contributed by atoms with van der Waals surface area (Å²) >= 11 is 0. The maximum atomic E-state index is 12.3. The fraction of sp³-hybridized carbons (Fsp3) is 0.708. The van der Waals surface area contributed by atoms with Gasteiger partial charge in [-0.05, 0) is 99.3 Å². The van der Waals surface area contributed by atoms with Gasteiger partial charge in [0.15, 0.2) is 5.79 Å². The Morgan fingerprint density at radius 3 is 2.77 bits per heavy atom. The Morgan fingerprint density at radius 1 is 1.13 bits per heavy atom. The summed E-state index contributed by atoms with van der Waals surface area (Å²) in [5.41, 5.74) is 2.73. The largest absolute Gasteiger partial charge is 0.508 e. The molecule has 6 atom stereocenters. The highest BCUT2D eigenvalue weighted by atomic mass is 16.8. The number of aryl methyl sites for hydroxylation is 1. The van der Waals surface area contributed by atoms with E-state index >= 15 is 0 Å². The molecule has 3 aliphatic carbocycles. The number of aromatic hydroxyl groups is 1. The quantitative estimate of drug-likeness (QED) is 0.730. The Balaban J connectivity index is 1.17. The molecule has 2 saturated carbocycles. The number of hydrogen-bond donors (Lipinski definition) is 1. The molecule has 1 aromatic carbocycles. The minimum absolute atomic E-state index is 0.0400. The molecule has 3 fully saturated rings. The van der Waals surface area contributed by atoms with Gasteiger partial charge in [0.25, 0.3) is 0 Å². The van der Waals surface area contributed by atoms with Crippen LogP contribution in [0.15, 0.2) is 18.2 Å². The maximum absolute atomic E-state index is 12.3. The van der Waals surface area contributed by atoms with Crippen molar-refractivity contribution < 1.29 is 28.8 Å². The monoisotopic (exact) mass is 416 g/mol. The van der Waals surface area contributed by atoms with Crippen LogP contribution in [0.3, 0.4) is 0 Å². The Bertz CT molecular complexity index is 805. The summed E-state index contributed by atoms with van der Waals surface area (Å²) in [5.74, 6) is 2.01. The molecule has 0 radical (unpaired) electrons. The predicted octanol–water partition coefficient (Wildman–Crippen LogP) is 4.53. The molecule has 164 valence electrons. The van der Waals surface area contributed by atoms with Crippen LogP contribution >= 0.6 is 0 Å². The van der Waals surface area contributed by atoms with E-state index in [4.69, 9.17) is 18.9 Å². The van der Waals surface area contributed by atoms with Crippen molar-refractivity contribution >= 4 is 6.16 Å². The second kappa shape index (κ2) is 7.72. The SMILES string of the molecule is CC1(C)OCC(COC(=O)OC2CCC3C2CCC2c4ccc(O)cc4CCC23)O1. The number of carbonyl (C=O) groups is 1. The van der Waals surface area contributed by atoms with Crippen molar-refractivity contribution in [1.29, 1.82) is 0 Å². The van der Waals surface area contributed by atoms with Crippen LogP contribution in [-0.4, -0.2) is 42.5 Å². The molecule has 1 N–H and O–H groups in total. The molecule has 6 unspecified atom stereocenters. The van der Waals surface area contributed by atoms with Crippen LogP contribution in [0.2, 0.25) is 0 Å². The highest BCUT2D eigenvalue weighted by molar-refractivity contribution is 5.60. The second-order valence-corrected chi connectivity index (χ2v) is 9.84. The van der Waals surface area contributed by atoms with Gasteiger partial charge >= 0.3 is 6.16 Å². The lowest BCUT2D eigenvalue weighted by Crippen LogP contribution is -2.38. The Kier molecular flexibility index (Phi) is 5.18. The lowest BCUT2D eigenvalue weighted by molar-refractivity contribution is -0.144. The Morgan fingerprint density at radius 2 is 1.97 bits per heavy atom. The highest BCUT2D eigenvalue weighted by Gasteiger charge is 2.49. The van der Waals surface area contributed by atoms with Crippen molar-refractivity contribution in [3.63, 3.8) is 0 Å². The summed E-state index contributed by atoms with van der Waals surface area (Å²) in [4.78, 5) is 12.3. The van der Waals surface area contributed by atoms with E-state index in [-0.39, 0.29) is 18.8 Å². The van der Waals surface area contributed by atoms with Crippen molar-refractivity contribution in [2.45, 2.75) is 76.3 Å². The molecule has 1 saturated heterocycles.